The van der Waals surface area contributed by atoms with Crippen LogP contribution in [0.15, 0.2) is 40.9 Å². The van der Waals surface area contributed by atoms with Crippen molar-refractivity contribution < 1.29 is 52.4 Å². The Morgan fingerprint density at radius 3 is 2.54 bits per heavy atom. The maximum atomic E-state index is 16.0. The third-order valence-electron chi connectivity index (χ3n) is 15.2. The highest BCUT2D eigenvalue weighted by atomic mass is 19.1. The number of piperazine rings is 1. The number of allylic oxidation sites excluding steroid dienone is 4. The summed E-state index contributed by atoms with van der Waals surface area (Å²) in [6.45, 7) is 10.2. The van der Waals surface area contributed by atoms with Gasteiger partial charge in [-0.3, -0.25) is 24.0 Å². The van der Waals surface area contributed by atoms with Gasteiger partial charge in [-0.15, -0.1) is 0 Å². The van der Waals surface area contributed by atoms with E-state index in [4.69, 9.17) is 18.9 Å². The number of anilines is 1. The largest absolute Gasteiger partial charge is 0.492 e. The quantitative estimate of drug-likeness (QED) is 0.146. The van der Waals surface area contributed by atoms with Gasteiger partial charge in [0.25, 0.3) is 0 Å². The van der Waals surface area contributed by atoms with E-state index in [0.717, 1.165) is 18.4 Å². The zero-order valence-corrected chi connectivity index (χ0v) is 37.1. The van der Waals surface area contributed by atoms with Crippen LogP contribution in [-0.2, 0) is 33.4 Å². The summed E-state index contributed by atoms with van der Waals surface area (Å²) in [5, 5.41) is 15.4. The van der Waals surface area contributed by atoms with Gasteiger partial charge in [0.05, 0.1) is 36.6 Å². The summed E-state index contributed by atoms with van der Waals surface area (Å²) in [5.41, 5.74) is -2.54. The number of carbonyl (C=O) groups is 5. The molecule has 8 rings (SSSR count). The van der Waals surface area contributed by atoms with Crippen molar-refractivity contribution in [1.29, 1.82) is 0 Å². The van der Waals surface area contributed by atoms with E-state index in [1.54, 1.807) is 26.0 Å². The van der Waals surface area contributed by atoms with Gasteiger partial charge in [0, 0.05) is 61.1 Å². The summed E-state index contributed by atoms with van der Waals surface area (Å²) in [7, 11) is 1.44. The summed E-state index contributed by atoms with van der Waals surface area (Å²) in [4.78, 5) is 82.5. The number of hydrogen-bond donors (Lipinski definition) is 2. The van der Waals surface area contributed by atoms with Crippen molar-refractivity contribution in [2.24, 2.45) is 34.5 Å². The number of methoxy groups -OCH3 is 1. The molecule has 0 radical (unpaired) electrons. The number of nitrogens with one attached hydrogen (secondary N) is 1. The number of nitrogens with zero attached hydrogens (tertiary/aromatic N) is 2. The first kappa shape index (κ1) is 44.7. The lowest BCUT2D eigenvalue weighted by Crippen LogP contribution is -2.63. The van der Waals surface area contributed by atoms with Crippen molar-refractivity contribution in [2.45, 2.75) is 116 Å². The molecule has 2 aromatic rings. The Balaban J connectivity index is 0.991. The summed E-state index contributed by atoms with van der Waals surface area (Å²) >= 11 is 0. The molecule has 0 spiro atoms. The number of fused-ring (bicyclic) bond motifs is 6. The van der Waals surface area contributed by atoms with Crippen molar-refractivity contribution in [3.8, 4) is 5.75 Å². The molecule has 15 heteroatoms. The molecular weight excluding hydrogens is 814 g/mol. The fourth-order valence-corrected chi connectivity index (χ4v) is 12.0. The number of esters is 3. The van der Waals surface area contributed by atoms with Crippen molar-refractivity contribution in [1.82, 2.24) is 9.88 Å². The number of Topliss-reactive ketones (excluding diaryl/α,β-unsaturated/α-hetero) is 1. The Bertz CT molecular complexity index is 2350. The van der Waals surface area contributed by atoms with Crippen LogP contribution in [0.1, 0.15) is 109 Å². The molecule has 0 amide bonds. The fraction of sp³-hybridized carbons (Fsp3) is 0.625. The molecule has 5 aliphatic carbocycles. The van der Waals surface area contributed by atoms with Gasteiger partial charge < -0.3 is 38.8 Å². The number of aliphatic hydroxyl groups excluding tert-OH is 1. The predicted octanol–water partition coefficient (Wildman–Crippen LogP) is 5.55. The zero-order valence-electron chi connectivity index (χ0n) is 37.1. The molecule has 5 fully saturated rings. The lowest BCUT2D eigenvalue weighted by molar-refractivity contribution is -0.201. The van der Waals surface area contributed by atoms with E-state index in [0.29, 0.717) is 44.4 Å². The van der Waals surface area contributed by atoms with Gasteiger partial charge in [0.2, 0.25) is 11.2 Å². The topological polar surface area (TPSA) is 180 Å². The smallest absolute Gasteiger partial charge is 0.343 e. The molecule has 1 saturated heterocycles. The number of benzene rings is 1. The number of hydrogen-bond acceptors (Lipinski definition) is 13. The number of halogens is 1. The van der Waals surface area contributed by atoms with Crippen molar-refractivity contribution >= 4 is 46.1 Å². The van der Waals surface area contributed by atoms with Gasteiger partial charge in [-0.25, -0.2) is 9.18 Å². The molecule has 14 nitrogen and oxygen atoms in total. The second-order valence-corrected chi connectivity index (χ2v) is 19.4. The van der Waals surface area contributed by atoms with E-state index in [2.05, 4.69) is 12.2 Å². The van der Waals surface area contributed by atoms with Crippen LogP contribution in [0.4, 0.5) is 10.1 Å². The van der Waals surface area contributed by atoms with Crippen LogP contribution in [0.5, 0.6) is 5.75 Å². The van der Waals surface area contributed by atoms with E-state index in [9.17, 15) is 33.9 Å². The molecule has 1 aromatic carbocycles. The summed E-state index contributed by atoms with van der Waals surface area (Å²) in [6.07, 6.45) is 9.29. The monoisotopic (exact) mass is 873 g/mol. The number of ketones is 2. The van der Waals surface area contributed by atoms with Crippen LogP contribution in [0, 0.1) is 40.3 Å². The van der Waals surface area contributed by atoms with Gasteiger partial charge in [-0.1, -0.05) is 39.3 Å². The second kappa shape index (κ2) is 16.9. The fourth-order valence-electron chi connectivity index (χ4n) is 12.0. The number of pyridine rings is 1. The Kier molecular flexibility index (Phi) is 12.0. The molecule has 2 unspecified atom stereocenters. The average Bonchev–Trinajstić information content (AvgIpc) is 4.04. The van der Waals surface area contributed by atoms with Crippen molar-refractivity contribution in [3.63, 3.8) is 0 Å². The molecule has 1 aromatic heterocycles. The Hall–Kier alpha value is -4.89. The Morgan fingerprint density at radius 1 is 1.08 bits per heavy atom. The number of rotatable bonds is 13. The predicted molar refractivity (Wildman–Crippen MR) is 230 cm³/mol. The van der Waals surface area contributed by atoms with Crippen molar-refractivity contribution in [2.75, 3.05) is 44.9 Å². The highest BCUT2D eigenvalue weighted by Gasteiger charge is 2.70. The zero-order chi connectivity index (χ0) is 45.2. The van der Waals surface area contributed by atoms with Crippen LogP contribution in [-0.4, -0.2) is 96.9 Å². The number of aliphatic hydroxyl groups is 1. The van der Waals surface area contributed by atoms with Crippen LogP contribution < -0.4 is 20.4 Å². The second-order valence-electron chi connectivity index (χ2n) is 19.4. The third kappa shape index (κ3) is 7.70. The molecule has 2 heterocycles. The normalized spacial score (nSPS) is 31.2. The first-order valence-corrected chi connectivity index (χ1v) is 22.6. The summed E-state index contributed by atoms with van der Waals surface area (Å²) in [5.74, 6) is -4.10. The minimum Gasteiger partial charge on any atom is -0.492 e. The number of aromatic nitrogens is 1. The maximum Gasteiger partial charge on any atom is 0.343 e. The van der Waals surface area contributed by atoms with Crippen LogP contribution in [0.25, 0.3) is 10.9 Å². The molecule has 6 aliphatic rings. The average molecular weight is 874 g/mol. The molecule has 0 bridgehead atoms. The standard InChI is InChI=1S/C48H60FN3O11/c1-26(2)44(58)62-25-37(55)48(16-14-34-31-12-9-28-20-30(53)13-15-46(28,4)39(31)36(54)22-47(34,48)5)63-38(56)8-7-19-61-45(59)33-24-52(29-10-11-29)40-32(42(33)57)21-35(49)41(43(40)60-6)51-18-17-50-27(3)23-51/h13,15,20-21,24,26-27,29,31,34,36,39,50,54H,7-12,14,16-19,22-23,25H2,1-6H3/t27?,31-,34-,36-,39?,46-,47-,48-/m1/s1. The molecule has 340 valence electrons. The van der Waals surface area contributed by atoms with Gasteiger partial charge in [-0.05, 0) is 88.3 Å². The Labute approximate surface area is 366 Å². The molecule has 2 N–H and O–H groups in total. The highest BCUT2D eigenvalue weighted by Crippen LogP contribution is 2.68. The van der Waals surface area contributed by atoms with E-state index < -0.39 is 70.0 Å². The molecule has 63 heavy (non-hydrogen) atoms. The first-order valence-electron chi connectivity index (χ1n) is 22.6. The van der Waals surface area contributed by atoms with Gasteiger partial charge in [0.1, 0.15) is 11.3 Å². The van der Waals surface area contributed by atoms with E-state index in [-0.39, 0.29) is 90.3 Å². The Morgan fingerprint density at radius 2 is 1.84 bits per heavy atom. The van der Waals surface area contributed by atoms with Crippen LogP contribution in [0.2, 0.25) is 0 Å². The summed E-state index contributed by atoms with van der Waals surface area (Å²) in [6, 6.07) is 1.26. The minimum absolute atomic E-state index is 0.00214. The van der Waals surface area contributed by atoms with Crippen LogP contribution in [0.3, 0.4) is 0 Å². The highest BCUT2D eigenvalue weighted by molar-refractivity contribution is 6.01. The number of carbonyl (C=O) groups excluding carboxylic acids is 5. The van der Waals surface area contributed by atoms with Crippen LogP contribution >= 0.6 is 0 Å². The lowest BCUT2D eigenvalue weighted by Gasteiger charge is -2.59. The first-order chi connectivity index (χ1) is 29.9. The van der Waals surface area contributed by atoms with Gasteiger partial charge >= 0.3 is 17.9 Å². The van der Waals surface area contributed by atoms with Crippen molar-refractivity contribution in [3.05, 3.63) is 57.7 Å². The molecular formula is C48H60FN3O11. The minimum atomic E-state index is -1.71. The summed E-state index contributed by atoms with van der Waals surface area (Å²) < 4.78 is 40.9. The molecule has 4 saturated carbocycles. The lowest BCUT2D eigenvalue weighted by atomic mass is 9.46. The molecule has 1 aliphatic heterocycles. The van der Waals surface area contributed by atoms with Gasteiger partial charge in [0.15, 0.2) is 29.6 Å². The maximum absolute atomic E-state index is 16.0. The van der Waals surface area contributed by atoms with E-state index in [1.165, 1.54) is 19.4 Å². The SMILES string of the molecule is COc1c(N2CCNC(C)C2)c(F)cc2c(=O)c(C(=O)OCCCC(=O)O[C@@]3(C(=O)COC(=O)C(C)C)CC[C@@H]4[C@H]5CCC6=CC(=O)C=C[C@@]6(C)C5[C@H](O)C[C@]43C)cn(C3CC3)c12. The number of ether oxygens (including phenoxy) is 4. The molecule has 8 atom stereocenters. The van der Waals surface area contributed by atoms with Gasteiger partial charge in [-0.2, -0.15) is 0 Å². The van der Waals surface area contributed by atoms with E-state index >= 15 is 4.39 Å². The third-order valence-corrected chi connectivity index (χ3v) is 15.2. The van der Waals surface area contributed by atoms with E-state index in [1.807, 2.05) is 29.4 Å².